The fourth-order valence-electron chi connectivity index (χ4n) is 5.75. The van der Waals surface area contributed by atoms with Crippen LogP contribution < -0.4 is 15.5 Å². The van der Waals surface area contributed by atoms with E-state index < -0.39 is 35.1 Å². The molecule has 230 valence electrons. The maximum Gasteiger partial charge on any atom is 0.260 e. The largest absolute Gasteiger partial charge is 0.373 e. The first kappa shape index (κ1) is 30.7. The summed E-state index contributed by atoms with van der Waals surface area (Å²) in [5.74, 6) is -1.43. The summed E-state index contributed by atoms with van der Waals surface area (Å²) < 4.78 is 15.9. The molecule has 1 fully saturated rings. The number of fused-ring (bicyclic) bond motifs is 1. The van der Waals surface area contributed by atoms with Crippen molar-refractivity contribution < 1.29 is 19.1 Å². The predicted molar refractivity (Wildman–Crippen MR) is 165 cm³/mol. The predicted octanol–water partition coefficient (Wildman–Crippen LogP) is 5.01. The third-order valence-electron chi connectivity index (χ3n) is 8.33. The molecule has 1 aliphatic carbocycles. The van der Waals surface area contributed by atoms with E-state index in [9.17, 15) is 24.3 Å². The second-order valence-electron chi connectivity index (χ2n) is 11.5. The number of nitrogens with zero attached hydrogens (tertiary/aromatic N) is 5. The van der Waals surface area contributed by atoms with E-state index in [-0.39, 0.29) is 39.7 Å². The molecule has 1 saturated carbocycles. The van der Waals surface area contributed by atoms with E-state index in [1.165, 1.54) is 23.2 Å². The van der Waals surface area contributed by atoms with Crippen molar-refractivity contribution in [1.29, 1.82) is 5.26 Å². The standard InChI is InChI=1S/C32H28Cl2FN7O3/c1-18(27(43)40-32(10-11-32)25-5-3-4-12-37-25)39-28(44)24-17-38-30-41(21-13-22(33)26(35)23(34)14-21)29(45)31(2,42(24)30)15-19-6-8-20(16-36)9-7-19/h3-9,12-14,17-18,28,39,44H,10-11,15H2,1-2H3,(H,40,43)/t18-,28?,31+/m0/s1. The molecular formula is C32H28Cl2FN7O3. The lowest BCUT2D eigenvalue weighted by molar-refractivity contribution is -0.125. The van der Waals surface area contributed by atoms with Crippen LogP contribution in [0.25, 0.3) is 0 Å². The van der Waals surface area contributed by atoms with Crippen LogP contribution >= 0.6 is 23.2 Å². The van der Waals surface area contributed by atoms with Crippen molar-refractivity contribution in [3.63, 3.8) is 0 Å². The van der Waals surface area contributed by atoms with Crippen LogP contribution in [0.15, 0.2) is 67.0 Å². The van der Waals surface area contributed by atoms with Crippen molar-refractivity contribution >= 4 is 46.7 Å². The van der Waals surface area contributed by atoms with Gasteiger partial charge in [-0.05, 0) is 68.7 Å². The molecule has 3 heterocycles. The highest BCUT2D eigenvalue weighted by Gasteiger charge is 2.51. The van der Waals surface area contributed by atoms with Gasteiger partial charge in [0.2, 0.25) is 11.9 Å². The van der Waals surface area contributed by atoms with Gasteiger partial charge >= 0.3 is 0 Å². The maximum atomic E-state index is 14.3. The molecule has 2 amide bonds. The van der Waals surface area contributed by atoms with E-state index >= 15 is 0 Å². The molecule has 2 aromatic heterocycles. The molecular weight excluding hydrogens is 620 g/mol. The van der Waals surface area contributed by atoms with Crippen LogP contribution in [0.1, 0.15) is 55.4 Å². The number of nitriles is 1. The topological polar surface area (TPSA) is 136 Å². The highest BCUT2D eigenvalue weighted by Crippen LogP contribution is 2.46. The Balaban J connectivity index is 1.32. The summed E-state index contributed by atoms with van der Waals surface area (Å²) in [6.07, 6.45) is 3.35. The number of carbonyl (C=O) groups is 2. The highest BCUT2D eigenvalue weighted by molar-refractivity contribution is 6.35. The number of imidazole rings is 1. The van der Waals surface area contributed by atoms with E-state index in [0.717, 1.165) is 24.1 Å². The number of aliphatic hydroxyl groups is 1. The number of pyridine rings is 1. The number of anilines is 2. The number of halogens is 3. The quantitative estimate of drug-likeness (QED) is 0.172. The number of hydrogen-bond donors (Lipinski definition) is 3. The van der Waals surface area contributed by atoms with Gasteiger partial charge in [-0.15, -0.1) is 0 Å². The van der Waals surface area contributed by atoms with Crippen molar-refractivity contribution in [1.82, 2.24) is 25.2 Å². The number of carbonyl (C=O) groups excluding carboxylic acids is 2. The zero-order chi connectivity index (χ0) is 32.1. The summed E-state index contributed by atoms with van der Waals surface area (Å²) in [5.41, 5.74) is 0.519. The molecule has 3 atom stereocenters. The number of aliphatic hydroxyl groups excluding tert-OH is 1. The zero-order valence-electron chi connectivity index (χ0n) is 24.3. The van der Waals surface area contributed by atoms with Crippen LogP contribution in [0.3, 0.4) is 0 Å². The van der Waals surface area contributed by atoms with Gasteiger partial charge < -0.3 is 10.4 Å². The normalized spacial score (nSPS) is 19.5. The molecule has 6 rings (SSSR count). The molecule has 0 bridgehead atoms. The van der Waals surface area contributed by atoms with Crippen LogP contribution in [-0.4, -0.2) is 37.5 Å². The van der Waals surface area contributed by atoms with Gasteiger partial charge in [0.1, 0.15) is 11.8 Å². The van der Waals surface area contributed by atoms with E-state index in [0.29, 0.717) is 5.56 Å². The van der Waals surface area contributed by atoms with Crippen molar-refractivity contribution in [2.75, 3.05) is 4.90 Å². The molecule has 0 spiro atoms. The van der Waals surface area contributed by atoms with Crippen molar-refractivity contribution in [3.05, 3.63) is 105 Å². The molecule has 0 radical (unpaired) electrons. The molecule has 2 aliphatic rings. The van der Waals surface area contributed by atoms with Gasteiger partial charge in [-0.1, -0.05) is 41.4 Å². The van der Waals surface area contributed by atoms with Crippen LogP contribution in [-0.2, 0) is 27.1 Å². The number of benzene rings is 2. The van der Waals surface area contributed by atoms with Gasteiger partial charge in [-0.2, -0.15) is 5.26 Å². The van der Waals surface area contributed by atoms with Crippen molar-refractivity contribution in [2.24, 2.45) is 0 Å². The third kappa shape index (κ3) is 5.44. The van der Waals surface area contributed by atoms with Crippen molar-refractivity contribution in [2.45, 2.75) is 56.5 Å². The zero-order valence-corrected chi connectivity index (χ0v) is 25.8. The first-order valence-corrected chi connectivity index (χ1v) is 15.0. The minimum atomic E-state index is -1.41. The number of rotatable bonds is 9. The smallest absolute Gasteiger partial charge is 0.260 e. The molecule has 3 N–H and O–H groups in total. The average Bonchev–Trinajstić information content (AvgIpc) is 3.62. The van der Waals surface area contributed by atoms with Crippen LogP contribution in [0.4, 0.5) is 16.0 Å². The van der Waals surface area contributed by atoms with E-state index in [1.807, 2.05) is 18.2 Å². The Morgan fingerprint density at radius 2 is 1.84 bits per heavy atom. The second-order valence-corrected chi connectivity index (χ2v) is 12.3. The first-order chi connectivity index (χ1) is 21.5. The summed E-state index contributed by atoms with van der Waals surface area (Å²) >= 11 is 12.2. The molecule has 1 unspecified atom stereocenters. The summed E-state index contributed by atoms with van der Waals surface area (Å²) in [6.45, 7) is 3.33. The average molecular weight is 649 g/mol. The Bertz CT molecular complexity index is 1820. The fraction of sp³-hybridized carbons (Fsp3) is 0.281. The monoisotopic (exact) mass is 647 g/mol. The Kier molecular flexibility index (Phi) is 7.87. The molecule has 13 heteroatoms. The number of nitrogens with one attached hydrogen (secondary N) is 2. The molecule has 10 nitrogen and oxygen atoms in total. The Morgan fingerprint density at radius 1 is 1.16 bits per heavy atom. The summed E-state index contributed by atoms with van der Waals surface area (Å²) in [6, 6.07) is 16.2. The summed E-state index contributed by atoms with van der Waals surface area (Å²) in [4.78, 5) is 37.6. The van der Waals surface area contributed by atoms with Gasteiger partial charge in [-0.3, -0.25) is 24.5 Å². The van der Waals surface area contributed by atoms with E-state index in [2.05, 4.69) is 26.7 Å². The fourth-order valence-corrected chi connectivity index (χ4v) is 6.23. The summed E-state index contributed by atoms with van der Waals surface area (Å²) in [7, 11) is 0. The van der Waals surface area contributed by atoms with Gasteiger partial charge in [0.25, 0.3) is 5.91 Å². The minimum absolute atomic E-state index is 0.148. The van der Waals surface area contributed by atoms with Crippen LogP contribution in [0, 0.1) is 17.1 Å². The lowest BCUT2D eigenvalue weighted by Crippen LogP contribution is -2.48. The second kappa shape index (κ2) is 11.5. The van der Waals surface area contributed by atoms with Gasteiger partial charge in [-0.25, -0.2) is 14.3 Å². The molecule has 0 saturated heterocycles. The van der Waals surface area contributed by atoms with E-state index in [4.69, 9.17) is 23.2 Å². The molecule has 2 aromatic carbocycles. The van der Waals surface area contributed by atoms with Crippen LogP contribution in [0.5, 0.6) is 0 Å². The SMILES string of the molecule is C[C@H](NC(O)c1cnc2n1[C@](C)(Cc1ccc(C#N)cc1)C(=O)N2c1cc(Cl)c(F)c(Cl)c1)C(=O)NC1(c2ccccn2)CC1. The Labute approximate surface area is 268 Å². The molecule has 45 heavy (non-hydrogen) atoms. The summed E-state index contributed by atoms with van der Waals surface area (Å²) in [5, 5.41) is 26.1. The van der Waals surface area contributed by atoms with E-state index in [1.54, 1.807) is 48.9 Å². The highest BCUT2D eigenvalue weighted by atomic mass is 35.5. The number of aromatic nitrogens is 3. The third-order valence-corrected chi connectivity index (χ3v) is 8.89. The van der Waals surface area contributed by atoms with Gasteiger partial charge in [0, 0.05) is 12.6 Å². The first-order valence-electron chi connectivity index (χ1n) is 14.2. The van der Waals surface area contributed by atoms with Crippen molar-refractivity contribution in [3.8, 4) is 6.07 Å². The lowest BCUT2D eigenvalue weighted by Gasteiger charge is -2.29. The van der Waals surface area contributed by atoms with Gasteiger partial charge in [0.05, 0.1) is 56.5 Å². The maximum absolute atomic E-state index is 14.3. The number of hydrogen-bond acceptors (Lipinski definition) is 7. The lowest BCUT2D eigenvalue weighted by atomic mass is 9.91. The Hall–Kier alpha value is -4.34. The minimum Gasteiger partial charge on any atom is -0.373 e. The van der Waals surface area contributed by atoms with Crippen LogP contribution in [0.2, 0.25) is 10.0 Å². The molecule has 4 aromatic rings. The molecule has 1 aliphatic heterocycles. The number of amides is 2. The Morgan fingerprint density at radius 3 is 2.44 bits per heavy atom. The van der Waals surface area contributed by atoms with Gasteiger partial charge in [0.15, 0.2) is 5.82 Å².